The van der Waals surface area contributed by atoms with Gasteiger partial charge in [-0.25, -0.2) is 0 Å². The highest BCUT2D eigenvalue weighted by Gasteiger charge is 2.08. The summed E-state index contributed by atoms with van der Waals surface area (Å²) in [5.74, 6) is 0.299. The highest BCUT2D eigenvalue weighted by atomic mass is 16.3. The molecule has 0 atom stereocenters. The van der Waals surface area contributed by atoms with Crippen molar-refractivity contribution in [2.45, 2.75) is 53.0 Å². The Morgan fingerprint density at radius 1 is 0.724 bits per heavy atom. The quantitative estimate of drug-likeness (QED) is 0.423. The van der Waals surface area contributed by atoms with Gasteiger partial charge < -0.3 is 16.2 Å². The summed E-state index contributed by atoms with van der Waals surface area (Å²) in [5.41, 5.74) is 16.1. The highest BCUT2D eigenvalue weighted by molar-refractivity contribution is 5.57. The molecule has 29 heavy (non-hydrogen) atoms. The molecule has 0 radical (unpaired) electrons. The first-order valence-corrected chi connectivity index (χ1v) is 10.6. The molecule has 0 saturated carbocycles. The lowest BCUT2D eigenvalue weighted by Crippen LogP contribution is -2.04. The van der Waals surface area contributed by atoms with E-state index in [2.05, 4.69) is 56.4 Å². The number of hydrogen-bond donors (Lipinski definition) is 3. The third kappa shape index (κ3) is 5.11. The average molecular weight is 389 g/mol. The molecule has 0 aliphatic carbocycles. The molecule has 0 spiro atoms. The highest BCUT2D eigenvalue weighted by Crippen LogP contribution is 2.25. The Labute approximate surface area is 174 Å². The predicted octanol–water partition coefficient (Wildman–Crippen LogP) is 5.86. The minimum absolute atomic E-state index is 0.299. The minimum atomic E-state index is 0.299. The standard InChI is InChI=1S/C26H32N2O/c1-4-21-14-19(13-20-15-22(5-2)26(27)23(6-3)16-20)9-12-25(21)28-17-18-7-10-24(29)11-8-18/h7-12,14-16,28-29H,4-6,13,17,27H2,1-3H3. The van der Waals surface area contributed by atoms with E-state index in [4.69, 9.17) is 5.73 Å². The van der Waals surface area contributed by atoms with Gasteiger partial charge in [0.15, 0.2) is 0 Å². The van der Waals surface area contributed by atoms with Gasteiger partial charge in [0.1, 0.15) is 5.75 Å². The normalized spacial score (nSPS) is 10.9. The van der Waals surface area contributed by atoms with E-state index in [0.29, 0.717) is 5.75 Å². The molecule has 0 heterocycles. The topological polar surface area (TPSA) is 58.3 Å². The fraction of sp³-hybridized carbons (Fsp3) is 0.308. The van der Waals surface area contributed by atoms with E-state index in [-0.39, 0.29) is 0 Å². The van der Waals surface area contributed by atoms with E-state index >= 15 is 0 Å². The van der Waals surface area contributed by atoms with Crippen molar-refractivity contribution in [2.75, 3.05) is 11.1 Å². The first-order chi connectivity index (χ1) is 14.0. The summed E-state index contributed by atoms with van der Waals surface area (Å²) in [5, 5.41) is 13.0. The number of rotatable bonds is 8. The third-order valence-electron chi connectivity index (χ3n) is 5.55. The van der Waals surface area contributed by atoms with Crippen LogP contribution in [-0.4, -0.2) is 5.11 Å². The van der Waals surface area contributed by atoms with Gasteiger partial charge in [0.2, 0.25) is 0 Å². The van der Waals surface area contributed by atoms with Crippen LogP contribution < -0.4 is 11.1 Å². The zero-order chi connectivity index (χ0) is 20.8. The van der Waals surface area contributed by atoms with Crippen molar-refractivity contribution >= 4 is 11.4 Å². The van der Waals surface area contributed by atoms with Crippen LogP contribution in [0.3, 0.4) is 0 Å². The maximum atomic E-state index is 9.43. The van der Waals surface area contributed by atoms with Crippen molar-refractivity contribution in [2.24, 2.45) is 0 Å². The van der Waals surface area contributed by atoms with Crippen LogP contribution in [0.5, 0.6) is 5.75 Å². The molecule has 0 unspecified atom stereocenters. The third-order valence-corrected chi connectivity index (χ3v) is 5.55. The fourth-order valence-electron chi connectivity index (χ4n) is 3.81. The number of nitrogen functional groups attached to an aromatic ring is 1. The summed E-state index contributed by atoms with van der Waals surface area (Å²) >= 11 is 0. The minimum Gasteiger partial charge on any atom is -0.508 e. The molecule has 0 amide bonds. The Balaban J connectivity index is 1.77. The summed E-state index contributed by atoms with van der Waals surface area (Å²) in [6.45, 7) is 7.26. The molecule has 0 saturated heterocycles. The van der Waals surface area contributed by atoms with Crippen LogP contribution in [0.2, 0.25) is 0 Å². The SMILES string of the molecule is CCc1cc(Cc2cc(CC)c(N)c(CC)c2)ccc1NCc1ccc(O)cc1. The number of benzene rings is 3. The summed E-state index contributed by atoms with van der Waals surface area (Å²) < 4.78 is 0. The van der Waals surface area contributed by atoms with Gasteiger partial charge in [-0.2, -0.15) is 0 Å². The number of aromatic hydroxyl groups is 1. The predicted molar refractivity (Wildman–Crippen MR) is 124 cm³/mol. The van der Waals surface area contributed by atoms with E-state index < -0.39 is 0 Å². The number of phenols is 1. The lowest BCUT2D eigenvalue weighted by Gasteiger charge is -2.15. The van der Waals surface area contributed by atoms with Crippen molar-refractivity contribution in [3.05, 3.63) is 88.0 Å². The Hall–Kier alpha value is -2.94. The lowest BCUT2D eigenvalue weighted by atomic mass is 9.94. The van der Waals surface area contributed by atoms with Gasteiger partial charge in [-0.15, -0.1) is 0 Å². The molecule has 3 aromatic rings. The van der Waals surface area contributed by atoms with Crippen LogP contribution in [0.4, 0.5) is 11.4 Å². The Morgan fingerprint density at radius 2 is 1.28 bits per heavy atom. The Morgan fingerprint density at radius 3 is 1.86 bits per heavy atom. The molecule has 0 aliphatic rings. The van der Waals surface area contributed by atoms with Crippen LogP contribution in [0.25, 0.3) is 0 Å². The molecule has 0 aromatic heterocycles. The fourth-order valence-corrected chi connectivity index (χ4v) is 3.81. The van der Waals surface area contributed by atoms with E-state index in [1.165, 1.54) is 33.5 Å². The van der Waals surface area contributed by atoms with Gasteiger partial charge in [0, 0.05) is 17.9 Å². The van der Waals surface area contributed by atoms with Crippen molar-refractivity contribution in [3.63, 3.8) is 0 Å². The summed E-state index contributed by atoms with van der Waals surface area (Å²) in [6.07, 6.45) is 3.83. The molecule has 3 rings (SSSR count). The van der Waals surface area contributed by atoms with Gasteiger partial charge in [-0.1, -0.05) is 57.2 Å². The molecule has 3 heteroatoms. The molecule has 3 nitrogen and oxygen atoms in total. The number of nitrogens with two attached hydrogens (primary N) is 1. The Kier molecular flexibility index (Phi) is 6.82. The molecular weight excluding hydrogens is 356 g/mol. The van der Waals surface area contributed by atoms with Crippen LogP contribution in [0.15, 0.2) is 54.6 Å². The van der Waals surface area contributed by atoms with Gasteiger partial charge in [0.05, 0.1) is 0 Å². The monoisotopic (exact) mass is 388 g/mol. The van der Waals surface area contributed by atoms with Gasteiger partial charge >= 0.3 is 0 Å². The largest absolute Gasteiger partial charge is 0.508 e. The second-order valence-corrected chi connectivity index (χ2v) is 7.58. The van der Waals surface area contributed by atoms with E-state index in [9.17, 15) is 5.11 Å². The molecule has 152 valence electrons. The van der Waals surface area contributed by atoms with Gasteiger partial charge in [-0.3, -0.25) is 0 Å². The number of anilines is 2. The maximum absolute atomic E-state index is 9.43. The summed E-state index contributed by atoms with van der Waals surface area (Å²) in [4.78, 5) is 0. The second kappa shape index (κ2) is 9.51. The second-order valence-electron chi connectivity index (χ2n) is 7.58. The van der Waals surface area contributed by atoms with Crippen molar-refractivity contribution in [1.82, 2.24) is 0 Å². The zero-order valence-corrected chi connectivity index (χ0v) is 17.8. The maximum Gasteiger partial charge on any atom is 0.115 e. The average Bonchev–Trinajstić information content (AvgIpc) is 2.74. The molecule has 0 aliphatic heterocycles. The van der Waals surface area contributed by atoms with Crippen LogP contribution in [0, 0.1) is 0 Å². The van der Waals surface area contributed by atoms with Gasteiger partial charge in [0.25, 0.3) is 0 Å². The first-order valence-electron chi connectivity index (χ1n) is 10.6. The van der Waals surface area contributed by atoms with E-state index in [1.54, 1.807) is 12.1 Å². The van der Waals surface area contributed by atoms with Gasteiger partial charge in [-0.05, 0) is 77.3 Å². The Bertz CT molecular complexity index is 936. The number of phenolic OH excluding ortho intramolecular Hbond substituents is 1. The van der Waals surface area contributed by atoms with Crippen molar-refractivity contribution in [1.29, 1.82) is 0 Å². The molecule has 3 aromatic carbocycles. The molecule has 4 N–H and O–H groups in total. The summed E-state index contributed by atoms with van der Waals surface area (Å²) in [6, 6.07) is 18.6. The smallest absolute Gasteiger partial charge is 0.115 e. The molecule has 0 fully saturated rings. The lowest BCUT2D eigenvalue weighted by molar-refractivity contribution is 0.475. The van der Waals surface area contributed by atoms with Crippen molar-refractivity contribution in [3.8, 4) is 5.75 Å². The summed E-state index contributed by atoms with van der Waals surface area (Å²) in [7, 11) is 0. The molecular formula is C26H32N2O. The van der Waals surface area contributed by atoms with E-state index in [1.807, 2.05) is 12.1 Å². The molecule has 0 bridgehead atoms. The number of nitrogens with one attached hydrogen (secondary N) is 1. The number of hydrogen-bond acceptors (Lipinski definition) is 3. The van der Waals surface area contributed by atoms with Crippen molar-refractivity contribution < 1.29 is 5.11 Å². The van der Waals surface area contributed by atoms with Crippen LogP contribution in [0.1, 0.15) is 54.2 Å². The zero-order valence-electron chi connectivity index (χ0n) is 17.8. The number of aryl methyl sites for hydroxylation is 3. The first kappa shape index (κ1) is 20.8. The van der Waals surface area contributed by atoms with E-state index in [0.717, 1.165) is 43.5 Å². The van der Waals surface area contributed by atoms with Crippen LogP contribution >= 0.6 is 0 Å². The van der Waals surface area contributed by atoms with Crippen LogP contribution in [-0.2, 0) is 32.2 Å².